The molecule has 0 saturated heterocycles. The van der Waals surface area contributed by atoms with Crippen LogP contribution in [0, 0.1) is 13.0 Å². The Bertz CT molecular complexity index is 969. The molecule has 0 aliphatic rings. The van der Waals surface area contributed by atoms with Gasteiger partial charge in [0, 0.05) is 11.6 Å². The maximum absolute atomic E-state index is 12.8. The van der Waals surface area contributed by atoms with Gasteiger partial charge in [0.1, 0.15) is 0 Å². The molecular weight excluding hydrogens is 302 g/mol. The van der Waals surface area contributed by atoms with Crippen LogP contribution in [0.15, 0.2) is 53.6 Å². The van der Waals surface area contributed by atoms with Crippen LogP contribution in [-0.2, 0) is 10.0 Å². The fourth-order valence-electron chi connectivity index (χ4n) is 2.26. The highest BCUT2D eigenvalue weighted by molar-refractivity contribution is 7.90. The number of carboxylic acids is 1. The predicted molar refractivity (Wildman–Crippen MR) is 81.5 cm³/mol. The molecule has 111 valence electrons. The molecule has 3 rings (SSSR count). The Labute approximate surface area is 127 Å². The van der Waals surface area contributed by atoms with Gasteiger partial charge < -0.3 is 5.11 Å². The van der Waals surface area contributed by atoms with Gasteiger partial charge >= 0.3 is 5.97 Å². The third kappa shape index (κ3) is 2.17. The van der Waals surface area contributed by atoms with Gasteiger partial charge in [0.25, 0.3) is 10.0 Å². The second-order valence-electron chi connectivity index (χ2n) is 4.89. The number of nitrogens with zero attached hydrogens (tertiary/aromatic N) is 1. The summed E-state index contributed by atoms with van der Waals surface area (Å²) in [5, 5.41) is 9.51. The van der Waals surface area contributed by atoms with E-state index in [1.165, 1.54) is 12.1 Å². The minimum atomic E-state index is -3.86. The molecule has 1 aromatic heterocycles. The number of benzene rings is 2. The molecule has 1 N–H and O–H groups in total. The van der Waals surface area contributed by atoms with Gasteiger partial charge in [0.2, 0.25) is 0 Å². The first-order valence-electron chi connectivity index (χ1n) is 6.48. The molecule has 0 amide bonds. The first-order chi connectivity index (χ1) is 10.4. The molecule has 0 unspecified atom stereocenters. The van der Waals surface area contributed by atoms with E-state index in [1.807, 2.05) is 6.92 Å². The molecule has 6 heteroatoms. The van der Waals surface area contributed by atoms with Gasteiger partial charge in [-0.15, -0.1) is 0 Å². The molecule has 0 spiro atoms. The van der Waals surface area contributed by atoms with Crippen LogP contribution in [-0.4, -0.2) is 23.5 Å². The monoisotopic (exact) mass is 314 g/mol. The van der Waals surface area contributed by atoms with E-state index in [-0.39, 0.29) is 15.8 Å². The van der Waals surface area contributed by atoms with E-state index in [4.69, 9.17) is 0 Å². The average Bonchev–Trinajstić information content (AvgIpc) is 2.88. The van der Waals surface area contributed by atoms with Crippen molar-refractivity contribution in [2.45, 2.75) is 11.8 Å². The largest absolute Gasteiger partial charge is 0.478 e. The predicted octanol–water partition coefficient (Wildman–Crippen LogP) is 2.69. The maximum Gasteiger partial charge on any atom is 0.337 e. The Morgan fingerprint density at radius 3 is 2.50 bits per heavy atom. The minimum Gasteiger partial charge on any atom is -0.478 e. The lowest BCUT2D eigenvalue weighted by molar-refractivity contribution is 0.0699. The number of carboxylic acid groups (broad SMARTS) is 1. The third-order valence-electron chi connectivity index (χ3n) is 3.40. The molecule has 1 heterocycles. The summed E-state index contributed by atoms with van der Waals surface area (Å²) in [5.41, 5.74) is 1.14. The fourth-order valence-corrected chi connectivity index (χ4v) is 3.63. The Morgan fingerprint density at radius 1 is 1.18 bits per heavy atom. The molecule has 0 aliphatic carbocycles. The Balaban J connectivity index is 2.30. The van der Waals surface area contributed by atoms with Crippen molar-refractivity contribution in [2.24, 2.45) is 0 Å². The number of aryl methyl sites for hydroxylation is 1. The highest BCUT2D eigenvalue weighted by Gasteiger charge is 2.23. The first kappa shape index (κ1) is 14.3. The summed E-state index contributed by atoms with van der Waals surface area (Å²) < 4.78 is 26.5. The number of hydrogen-bond donors (Lipinski definition) is 1. The SMILES string of the molecule is Cc1ccc(S(=O)(=O)n2cc(C(=O)O)c3[c]cccc32)cc1. The van der Waals surface area contributed by atoms with Gasteiger partial charge in [-0.25, -0.2) is 17.2 Å². The van der Waals surface area contributed by atoms with Crippen molar-refractivity contribution in [2.75, 3.05) is 0 Å². The van der Waals surface area contributed by atoms with E-state index in [9.17, 15) is 18.3 Å². The van der Waals surface area contributed by atoms with Gasteiger partial charge in [0.15, 0.2) is 0 Å². The molecule has 0 atom stereocenters. The lowest BCUT2D eigenvalue weighted by Crippen LogP contribution is -2.12. The van der Waals surface area contributed by atoms with Crippen LogP contribution in [0.1, 0.15) is 15.9 Å². The van der Waals surface area contributed by atoms with Gasteiger partial charge in [0.05, 0.1) is 16.0 Å². The Hall–Kier alpha value is -2.60. The highest BCUT2D eigenvalue weighted by Crippen LogP contribution is 2.25. The number of aromatic nitrogens is 1. The van der Waals surface area contributed by atoms with Crippen molar-refractivity contribution in [3.63, 3.8) is 0 Å². The van der Waals surface area contributed by atoms with E-state index >= 15 is 0 Å². The zero-order chi connectivity index (χ0) is 15.9. The van der Waals surface area contributed by atoms with Gasteiger partial charge in [-0.3, -0.25) is 0 Å². The normalized spacial score (nSPS) is 11.7. The number of aromatic carboxylic acids is 1. The minimum absolute atomic E-state index is 0.0914. The summed E-state index contributed by atoms with van der Waals surface area (Å²) in [7, 11) is -3.86. The van der Waals surface area contributed by atoms with Crippen LogP contribution in [0.5, 0.6) is 0 Å². The van der Waals surface area contributed by atoms with Crippen molar-refractivity contribution in [3.05, 3.63) is 65.9 Å². The zero-order valence-electron chi connectivity index (χ0n) is 11.6. The van der Waals surface area contributed by atoms with Crippen molar-refractivity contribution in [1.82, 2.24) is 3.97 Å². The molecule has 0 fully saturated rings. The summed E-state index contributed by atoms with van der Waals surface area (Å²) in [6.07, 6.45) is 1.12. The van der Waals surface area contributed by atoms with Gasteiger partial charge in [-0.1, -0.05) is 29.8 Å². The van der Waals surface area contributed by atoms with E-state index in [2.05, 4.69) is 6.07 Å². The van der Waals surface area contributed by atoms with Gasteiger partial charge in [-0.2, -0.15) is 0 Å². The van der Waals surface area contributed by atoms with Crippen molar-refractivity contribution < 1.29 is 18.3 Å². The second kappa shape index (κ2) is 4.99. The van der Waals surface area contributed by atoms with Crippen LogP contribution < -0.4 is 0 Å². The van der Waals surface area contributed by atoms with E-state index in [0.29, 0.717) is 5.52 Å². The second-order valence-corrected chi connectivity index (χ2v) is 6.71. The standard InChI is InChI=1S/C16H12NO4S/c1-11-6-8-12(9-7-11)22(20,21)17-10-14(16(18)19)13-4-2-3-5-15(13)17/h2-3,5-10H,1H3,(H,18,19). The van der Waals surface area contributed by atoms with Crippen LogP contribution in [0.25, 0.3) is 10.9 Å². The molecular formula is C16H12NO4S. The Kier molecular flexibility index (Phi) is 3.26. The number of rotatable bonds is 3. The van der Waals surface area contributed by atoms with Gasteiger partial charge in [-0.05, 0) is 31.2 Å². The molecule has 0 saturated carbocycles. The molecule has 0 bridgehead atoms. The summed E-state index contributed by atoms with van der Waals surface area (Å²) >= 11 is 0. The van der Waals surface area contributed by atoms with Crippen LogP contribution in [0.3, 0.4) is 0 Å². The summed E-state index contributed by atoms with van der Waals surface area (Å²) in [4.78, 5) is 11.4. The smallest absolute Gasteiger partial charge is 0.337 e. The topological polar surface area (TPSA) is 76.4 Å². The Morgan fingerprint density at radius 2 is 1.86 bits per heavy atom. The number of fused-ring (bicyclic) bond motifs is 1. The number of carbonyl (C=O) groups is 1. The molecule has 3 aromatic rings. The summed E-state index contributed by atoms with van der Waals surface area (Å²) in [5.74, 6) is -1.19. The summed E-state index contributed by atoms with van der Waals surface area (Å²) in [6.45, 7) is 1.86. The van der Waals surface area contributed by atoms with Crippen LogP contribution in [0.4, 0.5) is 0 Å². The van der Waals surface area contributed by atoms with Crippen molar-refractivity contribution >= 4 is 26.9 Å². The third-order valence-corrected chi connectivity index (χ3v) is 5.08. The average molecular weight is 314 g/mol. The molecule has 1 radical (unpaired) electrons. The number of hydrogen-bond acceptors (Lipinski definition) is 3. The quantitative estimate of drug-likeness (QED) is 0.806. The fraction of sp³-hybridized carbons (Fsp3) is 0.0625. The highest BCUT2D eigenvalue weighted by atomic mass is 32.2. The van der Waals surface area contributed by atoms with Crippen molar-refractivity contribution in [1.29, 1.82) is 0 Å². The zero-order valence-corrected chi connectivity index (χ0v) is 12.5. The lowest BCUT2D eigenvalue weighted by atomic mass is 10.2. The van der Waals surface area contributed by atoms with Crippen LogP contribution in [0.2, 0.25) is 0 Å². The van der Waals surface area contributed by atoms with E-state index in [0.717, 1.165) is 15.7 Å². The van der Waals surface area contributed by atoms with E-state index in [1.54, 1.807) is 30.3 Å². The van der Waals surface area contributed by atoms with Crippen molar-refractivity contribution in [3.8, 4) is 0 Å². The van der Waals surface area contributed by atoms with E-state index < -0.39 is 16.0 Å². The lowest BCUT2D eigenvalue weighted by Gasteiger charge is -2.07. The maximum atomic E-state index is 12.8. The first-order valence-corrected chi connectivity index (χ1v) is 7.92. The summed E-state index contributed by atoms with van der Waals surface area (Å²) in [6, 6.07) is 13.9. The molecule has 0 aliphatic heterocycles. The molecule has 22 heavy (non-hydrogen) atoms. The molecule has 2 aromatic carbocycles. The van der Waals surface area contributed by atoms with Crippen LogP contribution >= 0.6 is 0 Å². The molecule has 5 nitrogen and oxygen atoms in total.